The molecule has 0 bridgehead atoms. The van der Waals surface area contributed by atoms with Crippen LogP contribution in [0.1, 0.15) is 46.0 Å². The second kappa shape index (κ2) is 12.8. The van der Waals surface area contributed by atoms with E-state index in [0.717, 1.165) is 6.07 Å². The van der Waals surface area contributed by atoms with E-state index in [-0.39, 0.29) is 30.2 Å². The summed E-state index contributed by atoms with van der Waals surface area (Å²) in [4.78, 5) is 52.3. The van der Waals surface area contributed by atoms with E-state index in [2.05, 4.69) is 20.4 Å². The van der Waals surface area contributed by atoms with Gasteiger partial charge >= 0.3 is 30.7 Å². The quantitative estimate of drug-likeness (QED) is 0.351. The number of rotatable bonds is 11. The Bertz CT molecular complexity index is 1080. The summed E-state index contributed by atoms with van der Waals surface area (Å²) in [6.45, 7) is -1.25. The molecule has 0 aliphatic carbocycles. The van der Waals surface area contributed by atoms with Gasteiger partial charge in [0.1, 0.15) is 5.75 Å². The number of amides is 2. The van der Waals surface area contributed by atoms with Gasteiger partial charge in [0.2, 0.25) is 0 Å². The number of carbonyl (C=O) groups excluding carboxylic acids is 2. The number of hydrogen-bond donors (Lipinski definition) is 4. The molecule has 0 unspecified atom stereocenters. The Morgan fingerprint density at radius 3 is 1.78 bits per heavy atom. The molecular formula is C22H23F2N3O9. The molecule has 0 fully saturated rings. The van der Waals surface area contributed by atoms with Crippen molar-refractivity contribution >= 4 is 24.1 Å². The van der Waals surface area contributed by atoms with Crippen LogP contribution in [0.15, 0.2) is 24.3 Å². The van der Waals surface area contributed by atoms with E-state index in [0.29, 0.717) is 0 Å². The van der Waals surface area contributed by atoms with Crippen LogP contribution in [0.2, 0.25) is 0 Å². The van der Waals surface area contributed by atoms with Crippen LogP contribution < -0.4 is 15.4 Å². The average Bonchev–Trinajstić information content (AvgIpc) is 2.80. The van der Waals surface area contributed by atoms with Crippen LogP contribution >= 0.6 is 0 Å². The molecule has 2 amide bonds. The van der Waals surface area contributed by atoms with Crippen LogP contribution in [0.5, 0.6) is 5.75 Å². The number of pyridine rings is 1. The fourth-order valence-electron chi connectivity index (χ4n) is 3.22. The first-order chi connectivity index (χ1) is 17.1. The minimum Gasteiger partial charge on any atom is -0.478 e. The summed E-state index contributed by atoms with van der Waals surface area (Å²) in [7, 11) is 0. The van der Waals surface area contributed by atoms with Crippen LogP contribution in [0, 0.1) is 0 Å². The minimum absolute atomic E-state index is 0.0152. The van der Waals surface area contributed by atoms with E-state index in [4.69, 9.17) is 9.47 Å². The predicted octanol–water partition coefficient (Wildman–Crippen LogP) is 3.24. The summed E-state index contributed by atoms with van der Waals surface area (Å²) in [5.41, 5.74) is -2.83. The van der Waals surface area contributed by atoms with Gasteiger partial charge in [-0.15, -0.1) is 0 Å². The van der Waals surface area contributed by atoms with Crippen LogP contribution in [0.3, 0.4) is 0 Å². The van der Waals surface area contributed by atoms with Crippen molar-refractivity contribution in [1.82, 2.24) is 15.6 Å². The number of hydrogen-bond acceptors (Lipinski definition) is 8. The highest BCUT2D eigenvalue weighted by Crippen LogP contribution is 2.38. The Morgan fingerprint density at radius 2 is 1.36 bits per heavy atom. The third-order valence-corrected chi connectivity index (χ3v) is 4.50. The topological polar surface area (TPSA) is 173 Å². The van der Waals surface area contributed by atoms with Crippen LogP contribution in [-0.2, 0) is 22.6 Å². The fraction of sp³-hybridized carbons (Fsp3) is 0.318. The Kier molecular flexibility index (Phi) is 9.89. The zero-order valence-electron chi connectivity index (χ0n) is 19.2. The Morgan fingerprint density at radius 1 is 0.889 bits per heavy atom. The molecule has 2 aromatic rings. The first-order valence-corrected chi connectivity index (χ1v) is 10.5. The van der Waals surface area contributed by atoms with Gasteiger partial charge < -0.3 is 35.1 Å². The largest absolute Gasteiger partial charge is 0.478 e. The molecule has 0 saturated carbocycles. The number of alkyl carbamates (subject to hydrolysis) is 2. The molecule has 194 valence electrons. The van der Waals surface area contributed by atoms with Crippen LogP contribution in [0.25, 0.3) is 11.1 Å². The number of halogens is 2. The molecule has 1 aromatic carbocycles. The van der Waals surface area contributed by atoms with Gasteiger partial charge in [0.15, 0.2) is 0 Å². The lowest BCUT2D eigenvalue weighted by molar-refractivity contribution is -0.0494. The Balaban J connectivity index is 2.84. The highest BCUT2D eigenvalue weighted by atomic mass is 19.3. The maximum atomic E-state index is 13.1. The number of ether oxygens (including phenoxy) is 3. The Labute approximate surface area is 203 Å². The third-order valence-electron chi connectivity index (χ3n) is 4.50. The Hall–Kier alpha value is -4.49. The summed E-state index contributed by atoms with van der Waals surface area (Å²) in [6, 6.07) is 4.98. The van der Waals surface area contributed by atoms with Gasteiger partial charge in [-0.3, -0.25) is 4.98 Å². The van der Waals surface area contributed by atoms with Gasteiger partial charge in [-0.05, 0) is 19.9 Å². The van der Waals surface area contributed by atoms with Gasteiger partial charge in [-0.25, -0.2) is 19.2 Å². The number of carboxylic acid groups (broad SMARTS) is 2. The monoisotopic (exact) mass is 511 g/mol. The SMILES string of the molecule is CCOC(=O)NCc1nc(CNC(=O)OCC)c(C(=O)O)c(-c2ccccc2OC(F)F)c1C(=O)O. The average molecular weight is 511 g/mol. The number of alkyl halides is 2. The van der Waals surface area contributed by atoms with Crippen molar-refractivity contribution in [3.63, 3.8) is 0 Å². The zero-order valence-corrected chi connectivity index (χ0v) is 19.2. The molecule has 4 N–H and O–H groups in total. The van der Waals surface area contributed by atoms with Crippen molar-refractivity contribution in [3.05, 3.63) is 46.8 Å². The molecule has 36 heavy (non-hydrogen) atoms. The number of aromatic carboxylic acids is 2. The fourth-order valence-corrected chi connectivity index (χ4v) is 3.22. The molecule has 0 saturated heterocycles. The number of para-hydroxylation sites is 1. The lowest BCUT2D eigenvalue weighted by Gasteiger charge is -2.20. The summed E-state index contributed by atoms with van der Waals surface area (Å²) in [5.74, 6) is -3.81. The molecule has 0 aliphatic heterocycles. The third kappa shape index (κ3) is 7.01. The van der Waals surface area contributed by atoms with Gasteiger partial charge in [0, 0.05) is 11.1 Å². The molecule has 12 nitrogen and oxygen atoms in total. The van der Waals surface area contributed by atoms with Gasteiger partial charge in [-0.1, -0.05) is 18.2 Å². The van der Waals surface area contributed by atoms with Crippen molar-refractivity contribution < 1.29 is 52.4 Å². The van der Waals surface area contributed by atoms with Crippen LogP contribution in [-0.4, -0.2) is 59.1 Å². The molecular weight excluding hydrogens is 488 g/mol. The first kappa shape index (κ1) is 27.8. The maximum absolute atomic E-state index is 13.1. The lowest BCUT2D eigenvalue weighted by Crippen LogP contribution is -2.29. The van der Waals surface area contributed by atoms with Crippen LogP contribution in [0.4, 0.5) is 18.4 Å². The summed E-state index contributed by atoms with van der Waals surface area (Å²) < 4.78 is 40.1. The van der Waals surface area contributed by atoms with E-state index in [1.807, 2.05) is 0 Å². The van der Waals surface area contributed by atoms with Crippen molar-refractivity contribution in [2.45, 2.75) is 33.5 Å². The number of carbonyl (C=O) groups is 4. The molecule has 0 radical (unpaired) electrons. The highest BCUT2D eigenvalue weighted by Gasteiger charge is 2.31. The highest BCUT2D eigenvalue weighted by molar-refractivity contribution is 6.07. The normalized spacial score (nSPS) is 10.5. The minimum atomic E-state index is -3.30. The van der Waals surface area contributed by atoms with E-state index in [1.54, 1.807) is 13.8 Å². The number of nitrogens with zero attached hydrogens (tertiary/aromatic N) is 1. The first-order valence-electron chi connectivity index (χ1n) is 10.5. The summed E-state index contributed by atoms with van der Waals surface area (Å²) in [5, 5.41) is 24.5. The molecule has 1 aromatic heterocycles. The maximum Gasteiger partial charge on any atom is 0.407 e. The van der Waals surface area contributed by atoms with Gasteiger partial charge in [-0.2, -0.15) is 8.78 Å². The lowest BCUT2D eigenvalue weighted by atomic mass is 9.91. The number of aromatic nitrogens is 1. The smallest absolute Gasteiger partial charge is 0.407 e. The molecule has 1 heterocycles. The molecule has 0 atom stereocenters. The van der Waals surface area contributed by atoms with E-state index in [1.165, 1.54) is 18.2 Å². The van der Waals surface area contributed by atoms with E-state index in [9.17, 15) is 38.2 Å². The second-order valence-corrected chi connectivity index (χ2v) is 6.76. The van der Waals surface area contributed by atoms with Gasteiger partial charge in [0.05, 0.1) is 48.8 Å². The number of benzene rings is 1. The predicted molar refractivity (Wildman–Crippen MR) is 118 cm³/mol. The number of carboxylic acids is 2. The standard InChI is InChI=1S/C22H23F2N3O9/c1-3-34-21(32)25-9-12-16(18(28)29)15(11-7-5-6-8-14(11)36-20(23)24)17(19(30)31)13(27-12)10-26-22(33)35-4-2/h5-8,20H,3-4,9-10H2,1-2H3,(H,25,32)(H,26,33)(H,28,29)(H,30,31). The van der Waals surface area contributed by atoms with Crippen molar-refractivity contribution in [3.8, 4) is 16.9 Å². The van der Waals surface area contributed by atoms with E-state index < -0.39 is 66.3 Å². The van der Waals surface area contributed by atoms with Crippen molar-refractivity contribution in [1.29, 1.82) is 0 Å². The summed E-state index contributed by atoms with van der Waals surface area (Å²) in [6.07, 6.45) is -1.82. The van der Waals surface area contributed by atoms with Crippen molar-refractivity contribution in [2.24, 2.45) is 0 Å². The molecule has 2 rings (SSSR count). The molecule has 0 aliphatic rings. The van der Waals surface area contributed by atoms with Crippen molar-refractivity contribution in [2.75, 3.05) is 13.2 Å². The molecule has 0 spiro atoms. The zero-order chi connectivity index (χ0) is 26.8. The van der Waals surface area contributed by atoms with E-state index >= 15 is 0 Å². The number of nitrogens with one attached hydrogen (secondary N) is 2. The second-order valence-electron chi connectivity index (χ2n) is 6.76. The molecule has 14 heteroatoms. The summed E-state index contributed by atoms with van der Waals surface area (Å²) >= 11 is 0. The van der Waals surface area contributed by atoms with Gasteiger partial charge in [0.25, 0.3) is 0 Å².